The Morgan fingerprint density at radius 2 is 2.09 bits per heavy atom. The summed E-state index contributed by atoms with van der Waals surface area (Å²) in [5.41, 5.74) is 2.87. The van der Waals surface area contributed by atoms with Crippen molar-refractivity contribution in [1.29, 1.82) is 0 Å². The zero-order valence-electron chi connectivity index (χ0n) is 18.3. The molecule has 2 aliphatic heterocycles. The van der Waals surface area contributed by atoms with Gasteiger partial charge in [-0.15, -0.1) is 0 Å². The number of piperidine rings is 1. The van der Waals surface area contributed by atoms with Crippen molar-refractivity contribution in [3.8, 4) is 5.75 Å². The van der Waals surface area contributed by atoms with E-state index in [1.165, 1.54) is 4.90 Å². The standard InChI is InChI=1S/C23H26FN5O3/c1-13-8-16-21(19(12-30)27(2)23(16)31)26-22(13)29-7-6-20(17(24)11-29)32-15-4-5-18-14(9-15)10-25-28(18)3/h4-5,8-10,17,19-20,30H,6-7,11-12H2,1-3H3/t17-,19+,20?/m0/s1. The number of carbonyl (C=O) groups excluding carboxylic acids is 1. The predicted octanol–water partition coefficient (Wildman–Crippen LogP) is 2.39. The molecule has 3 atom stereocenters. The molecule has 5 rings (SSSR count). The monoisotopic (exact) mass is 439 g/mol. The van der Waals surface area contributed by atoms with Gasteiger partial charge < -0.3 is 19.6 Å². The summed E-state index contributed by atoms with van der Waals surface area (Å²) in [6.07, 6.45) is 0.530. The molecule has 8 nitrogen and oxygen atoms in total. The van der Waals surface area contributed by atoms with E-state index in [0.717, 1.165) is 16.5 Å². The molecule has 3 aromatic rings. The summed E-state index contributed by atoms with van der Waals surface area (Å²) >= 11 is 0. The number of aliphatic hydroxyl groups excluding tert-OH is 1. The molecule has 1 unspecified atom stereocenters. The van der Waals surface area contributed by atoms with Gasteiger partial charge in [-0.05, 0) is 36.8 Å². The Kier molecular flexibility index (Phi) is 5.00. The number of amides is 1. The molecule has 9 heteroatoms. The van der Waals surface area contributed by atoms with Crippen LogP contribution in [-0.2, 0) is 7.05 Å². The number of aromatic nitrogens is 3. The van der Waals surface area contributed by atoms with Crippen LogP contribution >= 0.6 is 0 Å². The van der Waals surface area contributed by atoms with Crippen molar-refractivity contribution in [3.63, 3.8) is 0 Å². The number of aryl methyl sites for hydroxylation is 2. The van der Waals surface area contributed by atoms with Crippen LogP contribution in [0.3, 0.4) is 0 Å². The van der Waals surface area contributed by atoms with Crippen molar-refractivity contribution >= 4 is 22.6 Å². The van der Waals surface area contributed by atoms with Crippen LogP contribution in [0.1, 0.15) is 34.1 Å². The second kappa shape index (κ2) is 7.74. The molecule has 4 heterocycles. The third-order valence-corrected chi connectivity index (χ3v) is 6.51. The van der Waals surface area contributed by atoms with Crippen LogP contribution in [0, 0.1) is 6.92 Å². The summed E-state index contributed by atoms with van der Waals surface area (Å²) in [5, 5.41) is 14.9. The van der Waals surface area contributed by atoms with Crippen molar-refractivity contribution in [1.82, 2.24) is 19.7 Å². The molecule has 32 heavy (non-hydrogen) atoms. The molecule has 2 aliphatic rings. The summed E-state index contributed by atoms with van der Waals surface area (Å²) < 4.78 is 22.9. The fourth-order valence-electron chi connectivity index (χ4n) is 4.69. The van der Waals surface area contributed by atoms with Gasteiger partial charge in [-0.1, -0.05) is 0 Å². The molecule has 0 aliphatic carbocycles. The molecule has 1 saturated heterocycles. The summed E-state index contributed by atoms with van der Waals surface area (Å²) in [6.45, 7) is 2.41. The van der Waals surface area contributed by atoms with E-state index in [1.54, 1.807) is 24.0 Å². The highest BCUT2D eigenvalue weighted by molar-refractivity contribution is 5.99. The van der Waals surface area contributed by atoms with Gasteiger partial charge in [-0.25, -0.2) is 9.37 Å². The van der Waals surface area contributed by atoms with Gasteiger partial charge in [0, 0.05) is 32.4 Å². The van der Waals surface area contributed by atoms with Crippen molar-refractivity contribution in [2.24, 2.45) is 7.05 Å². The normalized spacial score (nSPS) is 23.2. The molecule has 0 bridgehead atoms. The van der Waals surface area contributed by atoms with E-state index in [1.807, 2.05) is 37.1 Å². The number of anilines is 1. The van der Waals surface area contributed by atoms with Gasteiger partial charge in [0.15, 0.2) is 6.17 Å². The summed E-state index contributed by atoms with van der Waals surface area (Å²) in [6, 6.07) is 6.98. The van der Waals surface area contributed by atoms with E-state index in [-0.39, 0.29) is 19.1 Å². The third kappa shape index (κ3) is 3.28. The fourth-order valence-corrected chi connectivity index (χ4v) is 4.69. The van der Waals surface area contributed by atoms with Gasteiger partial charge in [0.2, 0.25) is 0 Å². The number of likely N-dealkylation sites (N-methyl/N-ethyl adjacent to an activating group) is 1. The minimum atomic E-state index is -1.19. The van der Waals surface area contributed by atoms with Crippen LogP contribution in [-0.4, -0.2) is 69.7 Å². The lowest BCUT2D eigenvalue weighted by molar-refractivity contribution is 0.0714. The van der Waals surface area contributed by atoms with E-state index in [9.17, 15) is 9.90 Å². The number of hydrogen-bond donors (Lipinski definition) is 1. The SMILES string of the molecule is Cc1cc2c(nc1N1CCC(Oc3ccc4c(cnn4C)c3)[C@@H](F)C1)[C@@H](CO)N(C)C2=O. The highest BCUT2D eigenvalue weighted by Gasteiger charge is 2.38. The number of carbonyl (C=O) groups is 1. The molecule has 0 radical (unpaired) electrons. The lowest BCUT2D eigenvalue weighted by atomic mass is 10.0. The number of fused-ring (bicyclic) bond motifs is 2. The van der Waals surface area contributed by atoms with Crippen molar-refractivity contribution in [2.75, 3.05) is 31.6 Å². The average Bonchev–Trinajstić information content (AvgIpc) is 3.26. The summed E-state index contributed by atoms with van der Waals surface area (Å²) in [5.74, 6) is 1.14. The van der Waals surface area contributed by atoms with Gasteiger partial charge in [0.1, 0.15) is 17.7 Å². The quantitative estimate of drug-likeness (QED) is 0.672. The lowest BCUT2D eigenvalue weighted by Crippen LogP contribution is -2.47. The maximum Gasteiger partial charge on any atom is 0.256 e. The fraction of sp³-hybridized carbons (Fsp3) is 0.435. The molecule has 0 saturated carbocycles. The molecule has 1 aromatic carbocycles. The van der Waals surface area contributed by atoms with Gasteiger partial charge >= 0.3 is 0 Å². The lowest BCUT2D eigenvalue weighted by Gasteiger charge is -2.36. The Bertz CT molecular complexity index is 1200. The van der Waals surface area contributed by atoms with Gasteiger partial charge in [0.05, 0.1) is 42.2 Å². The third-order valence-electron chi connectivity index (χ3n) is 6.51. The highest BCUT2D eigenvalue weighted by Crippen LogP contribution is 2.35. The first-order chi connectivity index (χ1) is 15.4. The van der Waals surface area contributed by atoms with E-state index >= 15 is 4.39 Å². The number of alkyl halides is 1. The predicted molar refractivity (Wildman–Crippen MR) is 118 cm³/mol. The first kappa shape index (κ1) is 20.7. The Morgan fingerprint density at radius 3 is 2.84 bits per heavy atom. The van der Waals surface area contributed by atoms with Crippen LogP contribution in [0.5, 0.6) is 5.75 Å². The van der Waals surface area contributed by atoms with E-state index in [2.05, 4.69) is 5.10 Å². The first-order valence-electron chi connectivity index (χ1n) is 10.7. The smallest absolute Gasteiger partial charge is 0.256 e. The number of benzene rings is 1. The number of halogens is 1. The van der Waals surface area contributed by atoms with Crippen LogP contribution in [0.2, 0.25) is 0 Å². The Hall–Kier alpha value is -3.20. The highest BCUT2D eigenvalue weighted by atomic mass is 19.1. The zero-order valence-corrected chi connectivity index (χ0v) is 18.3. The zero-order chi connectivity index (χ0) is 22.6. The van der Waals surface area contributed by atoms with Crippen molar-refractivity contribution < 1.29 is 19.0 Å². The average molecular weight is 439 g/mol. The van der Waals surface area contributed by atoms with E-state index in [0.29, 0.717) is 35.8 Å². The Labute approximate surface area is 185 Å². The van der Waals surface area contributed by atoms with Crippen LogP contribution in [0.4, 0.5) is 10.2 Å². The number of hydrogen-bond acceptors (Lipinski definition) is 6. The Balaban J connectivity index is 1.33. The molecular formula is C23H26FN5O3. The molecule has 1 amide bonds. The number of aliphatic hydroxyl groups is 1. The van der Waals surface area contributed by atoms with Gasteiger partial charge in [-0.3, -0.25) is 9.48 Å². The molecule has 0 spiro atoms. The van der Waals surface area contributed by atoms with Crippen LogP contribution in [0.15, 0.2) is 30.5 Å². The largest absolute Gasteiger partial charge is 0.487 e. The molecule has 168 valence electrons. The summed E-state index contributed by atoms with van der Waals surface area (Å²) in [4.78, 5) is 20.5. The maximum atomic E-state index is 15.1. The van der Waals surface area contributed by atoms with Crippen molar-refractivity contribution in [3.05, 3.63) is 47.3 Å². The van der Waals surface area contributed by atoms with Crippen LogP contribution < -0.4 is 9.64 Å². The van der Waals surface area contributed by atoms with Crippen LogP contribution in [0.25, 0.3) is 10.9 Å². The van der Waals surface area contributed by atoms with Gasteiger partial charge in [0.25, 0.3) is 5.91 Å². The van der Waals surface area contributed by atoms with Crippen molar-refractivity contribution in [2.45, 2.75) is 31.7 Å². The number of rotatable bonds is 4. The second-order valence-electron chi connectivity index (χ2n) is 8.57. The maximum absolute atomic E-state index is 15.1. The topological polar surface area (TPSA) is 83.7 Å². The molecule has 1 N–H and O–H groups in total. The molecular weight excluding hydrogens is 413 g/mol. The van der Waals surface area contributed by atoms with Gasteiger partial charge in [-0.2, -0.15) is 5.10 Å². The number of pyridine rings is 1. The molecule has 1 fully saturated rings. The second-order valence-corrected chi connectivity index (χ2v) is 8.57. The van der Waals surface area contributed by atoms with E-state index < -0.39 is 18.3 Å². The number of nitrogens with zero attached hydrogens (tertiary/aromatic N) is 5. The van der Waals surface area contributed by atoms with E-state index in [4.69, 9.17) is 9.72 Å². The number of ether oxygens (including phenoxy) is 1. The minimum Gasteiger partial charge on any atom is -0.487 e. The molecule has 2 aromatic heterocycles. The Morgan fingerprint density at radius 1 is 1.28 bits per heavy atom. The first-order valence-corrected chi connectivity index (χ1v) is 10.7. The minimum absolute atomic E-state index is 0.151. The summed E-state index contributed by atoms with van der Waals surface area (Å²) in [7, 11) is 3.53.